The van der Waals surface area contributed by atoms with Crippen LogP contribution in [-0.2, 0) is 19.1 Å². The van der Waals surface area contributed by atoms with E-state index in [9.17, 15) is 9.59 Å². The molecule has 0 atom stereocenters. The fraction of sp³-hybridized carbons (Fsp3) is 0.733. The fourth-order valence-electron chi connectivity index (χ4n) is 1.43. The van der Waals surface area contributed by atoms with Crippen molar-refractivity contribution in [3.63, 3.8) is 0 Å². The van der Waals surface area contributed by atoms with Crippen molar-refractivity contribution < 1.29 is 19.1 Å². The topological polar surface area (TPSA) is 52.6 Å². The van der Waals surface area contributed by atoms with Gasteiger partial charge in [0.05, 0.1) is 13.2 Å². The highest BCUT2D eigenvalue weighted by atomic mass is 16.5. The molecule has 0 aliphatic carbocycles. The van der Waals surface area contributed by atoms with E-state index in [4.69, 9.17) is 9.47 Å². The summed E-state index contributed by atoms with van der Waals surface area (Å²) < 4.78 is 10.0. The molecule has 0 aromatic heterocycles. The van der Waals surface area contributed by atoms with Crippen LogP contribution >= 0.6 is 0 Å². The van der Waals surface area contributed by atoms with Crippen molar-refractivity contribution in [1.29, 1.82) is 0 Å². The van der Waals surface area contributed by atoms with Crippen LogP contribution in [0.3, 0.4) is 0 Å². The zero-order valence-corrected chi connectivity index (χ0v) is 12.4. The average Bonchev–Trinajstić information content (AvgIpc) is 2.39. The standard InChI is InChI=1S/C15H26O4/c1-4-6-8-10-18-14(16)12-13(3)15(17)19-11-9-7-5-2/h12H,4-11H2,1-3H3/b13-12+. The quantitative estimate of drug-likeness (QED) is 0.347. The van der Waals surface area contributed by atoms with E-state index < -0.39 is 11.9 Å². The van der Waals surface area contributed by atoms with Crippen LogP contribution in [0.1, 0.15) is 59.3 Å². The van der Waals surface area contributed by atoms with Crippen LogP contribution in [0.4, 0.5) is 0 Å². The van der Waals surface area contributed by atoms with Crippen molar-refractivity contribution in [1.82, 2.24) is 0 Å². The predicted molar refractivity (Wildman–Crippen MR) is 74.7 cm³/mol. The summed E-state index contributed by atoms with van der Waals surface area (Å²) in [7, 11) is 0. The van der Waals surface area contributed by atoms with Gasteiger partial charge in [-0.05, 0) is 19.8 Å². The fourth-order valence-corrected chi connectivity index (χ4v) is 1.43. The van der Waals surface area contributed by atoms with Crippen molar-refractivity contribution in [2.24, 2.45) is 0 Å². The first kappa shape index (κ1) is 17.7. The van der Waals surface area contributed by atoms with E-state index in [1.54, 1.807) is 6.92 Å². The zero-order chi connectivity index (χ0) is 14.5. The number of esters is 2. The maximum absolute atomic E-state index is 11.5. The second-order valence-corrected chi connectivity index (χ2v) is 4.54. The normalized spacial score (nSPS) is 11.2. The summed E-state index contributed by atoms with van der Waals surface area (Å²) in [5.74, 6) is -0.916. The first-order valence-electron chi connectivity index (χ1n) is 7.14. The van der Waals surface area contributed by atoms with Gasteiger partial charge in [-0.15, -0.1) is 0 Å². The van der Waals surface area contributed by atoms with Gasteiger partial charge in [0.15, 0.2) is 0 Å². The van der Waals surface area contributed by atoms with Crippen molar-refractivity contribution in [2.75, 3.05) is 13.2 Å². The molecule has 110 valence electrons. The molecule has 0 amide bonds. The molecule has 0 aromatic rings. The van der Waals surface area contributed by atoms with Gasteiger partial charge in [-0.3, -0.25) is 0 Å². The summed E-state index contributed by atoms with van der Waals surface area (Å²) in [5.41, 5.74) is 0.289. The third kappa shape index (κ3) is 10.3. The number of hydrogen-bond acceptors (Lipinski definition) is 4. The van der Waals surface area contributed by atoms with Gasteiger partial charge in [0.25, 0.3) is 0 Å². The van der Waals surface area contributed by atoms with Gasteiger partial charge in [0, 0.05) is 11.6 Å². The van der Waals surface area contributed by atoms with Gasteiger partial charge in [0.2, 0.25) is 0 Å². The lowest BCUT2D eigenvalue weighted by Crippen LogP contribution is -2.10. The molecule has 4 nitrogen and oxygen atoms in total. The Labute approximate surface area is 116 Å². The number of carbonyl (C=O) groups is 2. The molecule has 4 heteroatoms. The number of rotatable bonds is 10. The summed E-state index contributed by atoms with van der Waals surface area (Å²) in [6.07, 6.45) is 7.15. The van der Waals surface area contributed by atoms with Crippen LogP contribution in [-0.4, -0.2) is 25.2 Å². The second-order valence-electron chi connectivity index (χ2n) is 4.54. The average molecular weight is 270 g/mol. The van der Waals surface area contributed by atoms with Gasteiger partial charge >= 0.3 is 11.9 Å². The summed E-state index contributed by atoms with van der Waals surface area (Å²) in [5, 5.41) is 0. The first-order valence-corrected chi connectivity index (χ1v) is 7.14. The van der Waals surface area contributed by atoms with Gasteiger partial charge in [-0.25, -0.2) is 9.59 Å². The minimum absolute atomic E-state index is 0.289. The number of hydrogen-bond donors (Lipinski definition) is 0. The second kappa shape index (κ2) is 11.8. The Morgan fingerprint density at radius 3 is 1.95 bits per heavy atom. The van der Waals surface area contributed by atoms with E-state index in [1.165, 1.54) is 6.08 Å². The SMILES string of the molecule is CCCCCOC(=O)/C=C(\C)C(=O)OCCCCC. The monoisotopic (exact) mass is 270 g/mol. The van der Waals surface area contributed by atoms with E-state index in [1.807, 2.05) is 0 Å². The highest BCUT2D eigenvalue weighted by molar-refractivity contribution is 5.95. The van der Waals surface area contributed by atoms with Crippen LogP contribution in [0, 0.1) is 0 Å². The summed E-state index contributed by atoms with van der Waals surface area (Å²) in [4.78, 5) is 22.9. The summed E-state index contributed by atoms with van der Waals surface area (Å²) in [6, 6.07) is 0. The van der Waals surface area contributed by atoms with Crippen LogP contribution in [0.25, 0.3) is 0 Å². The zero-order valence-electron chi connectivity index (χ0n) is 12.4. The Hall–Kier alpha value is -1.32. The molecule has 19 heavy (non-hydrogen) atoms. The Morgan fingerprint density at radius 2 is 1.42 bits per heavy atom. The molecule has 0 aromatic carbocycles. The highest BCUT2D eigenvalue weighted by Gasteiger charge is 2.08. The molecule has 0 saturated carbocycles. The van der Waals surface area contributed by atoms with E-state index in [0.29, 0.717) is 13.2 Å². The number of carbonyl (C=O) groups excluding carboxylic acids is 2. The van der Waals surface area contributed by atoms with Crippen LogP contribution in [0.2, 0.25) is 0 Å². The summed E-state index contributed by atoms with van der Waals surface area (Å²) in [6.45, 7) is 6.54. The van der Waals surface area contributed by atoms with Crippen molar-refractivity contribution >= 4 is 11.9 Å². The van der Waals surface area contributed by atoms with E-state index in [0.717, 1.165) is 38.5 Å². The molecule has 0 fully saturated rings. The molecular weight excluding hydrogens is 244 g/mol. The number of unbranched alkanes of at least 4 members (excludes halogenated alkanes) is 4. The molecule has 0 unspecified atom stereocenters. The lowest BCUT2D eigenvalue weighted by molar-refractivity contribution is -0.141. The predicted octanol–water partition coefficient (Wildman–Crippen LogP) is 3.40. The minimum Gasteiger partial charge on any atom is -0.463 e. The maximum Gasteiger partial charge on any atom is 0.333 e. The van der Waals surface area contributed by atoms with E-state index in [-0.39, 0.29) is 5.57 Å². The lowest BCUT2D eigenvalue weighted by Gasteiger charge is -2.05. The Balaban J connectivity index is 3.88. The highest BCUT2D eigenvalue weighted by Crippen LogP contribution is 2.02. The third-order valence-corrected chi connectivity index (χ3v) is 2.63. The molecule has 0 radical (unpaired) electrons. The van der Waals surface area contributed by atoms with Crippen molar-refractivity contribution in [2.45, 2.75) is 59.3 Å². The Kier molecular flexibility index (Phi) is 10.9. The van der Waals surface area contributed by atoms with Gasteiger partial charge in [-0.1, -0.05) is 39.5 Å². The molecule has 0 heterocycles. The molecule has 0 bridgehead atoms. The molecule has 0 rings (SSSR count). The van der Waals surface area contributed by atoms with Crippen LogP contribution in [0.5, 0.6) is 0 Å². The van der Waals surface area contributed by atoms with Crippen LogP contribution in [0.15, 0.2) is 11.6 Å². The van der Waals surface area contributed by atoms with Gasteiger partial charge in [-0.2, -0.15) is 0 Å². The molecular formula is C15H26O4. The van der Waals surface area contributed by atoms with Crippen molar-refractivity contribution in [3.8, 4) is 0 Å². The maximum atomic E-state index is 11.5. The first-order chi connectivity index (χ1) is 9.11. The van der Waals surface area contributed by atoms with Crippen LogP contribution < -0.4 is 0 Å². The summed E-state index contributed by atoms with van der Waals surface area (Å²) >= 11 is 0. The van der Waals surface area contributed by atoms with E-state index in [2.05, 4.69) is 13.8 Å². The molecule has 0 saturated heterocycles. The molecule has 0 aliphatic heterocycles. The van der Waals surface area contributed by atoms with Gasteiger partial charge in [0.1, 0.15) is 0 Å². The Bertz CT molecular complexity index is 295. The molecule has 0 N–H and O–H groups in total. The molecule has 0 spiro atoms. The molecule has 0 aliphatic rings. The van der Waals surface area contributed by atoms with Crippen molar-refractivity contribution in [3.05, 3.63) is 11.6 Å². The minimum atomic E-state index is -0.473. The smallest absolute Gasteiger partial charge is 0.333 e. The number of ether oxygens (including phenoxy) is 2. The largest absolute Gasteiger partial charge is 0.463 e. The lowest BCUT2D eigenvalue weighted by atomic mass is 10.2. The van der Waals surface area contributed by atoms with Gasteiger partial charge < -0.3 is 9.47 Å². The van der Waals surface area contributed by atoms with E-state index >= 15 is 0 Å². The Morgan fingerprint density at radius 1 is 0.895 bits per heavy atom. The third-order valence-electron chi connectivity index (χ3n) is 2.63.